The molecule has 0 aliphatic carbocycles. The molecule has 1 aromatic carbocycles. The van der Waals surface area contributed by atoms with Crippen LogP contribution in [0.5, 0.6) is 0 Å². The number of hydrogen-bond acceptors (Lipinski definition) is 5. The zero-order valence-corrected chi connectivity index (χ0v) is 17.5. The Labute approximate surface area is 165 Å². The minimum Gasteiger partial charge on any atom is -0.465 e. The summed E-state index contributed by atoms with van der Waals surface area (Å²) in [6, 6.07) is 5.49. The van der Waals surface area contributed by atoms with E-state index in [1.54, 1.807) is 18.2 Å². The maximum atomic E-state index is 12.4. The summed E-state index contributed by atoms with van der Waals surface area (Å²) >= 11 is 0. The molecule has 1 rings (SSSR count). The van der Waals surface area contributed by atoms with Crippen LogP contribution in [0.25, 0.3) is 0 Å². The van der Waals surface area contributed by atoms with Crippen LogP contribution < -0.4 is 5.32 Å². The number of benzene rings is 1. The number of rotatable bonds is 12. The minimum atomic E-state index is -4.75. The molecule has 0 heterocycles. The van der Waals surface area contributed by atoms with Gasteiger partial charge in [-0.25, -0.2) is 9.36 Å². The molecular weight excluding hydrogens is 385 g/mol. The van der Waals surface area contributed by atoms with Crippen molar-refractivity contribution in [3.8, 4) is 0 Å². The van der Waals surface area contributed by atoms with Gasteiger partial charge in [0.05, 0.1) is 24.8 Å². The van der Waals surface area contributed by atoms with Gasteiger partial charge in [-0.2, -0.15) is 0 Å². The van der Waals surface area contributed by atoms with Gasteiger partial charge in [0.2, 0.25) is 5.91 Å². The molecule has 0 saturated heterocycles. The van der Waals surface area contributed by atoms with Crippen LogP contribution in [0.4, 0.5) is 0 Å². The second kappa shape index (κ2) is 12.0. The molecule has 0 unspecified atom stereocenters. The number of esters is 1. The van der Waals surface area contributed by atoms with Gasteiger partial charge in [-0.3, -0.25) is 9.32 Å². The molecule has 1 aromatic rings. The molecular formula is C19H30NO7P. The van der Waals surface area contributed by atoms with E-state index in [9.17, 15) is 14.2 Å². The van der Waals surface area contributed by atoms with E-state index in [2.05, 4.69) is 12.2 Å². The van der Waals surface area contributed by atoms with Crippen LogP contribution in [0.15, 0.2) is 24.3 Å². The summed E-state index contributed by atoms with van der Waals surface area (Å²) in [7, 11) is -3.50. The first-order valence-electron chi connectivity index (χ1n) is 9.39. The lowest BCUT2D eigenvalue weighted by Crippen LogP contribution is -2.36. The number of carbonyl (C=O) groups is 2. The molecule has 0 spiro atoms. The molecule has 0 aliphatic heterocycles. The maximum Gasteiger partial charge on any atom is 0.469 e. The molecule has 158 valence electrons. The highest BCUT2D eigenvalue weighted by molar-refractivity contribution is 7.46. The highest BCUT2D eigenvalue weighted by Gasteiger charge is 2.29. The van der Waals surface area contributed by atoms with Gasteiger partial charge in [-0.1, -0.05) is 44.7 Å². The molecule has 0 bridgehead atoms. The Morgan fingerprint density at radius 1 is 1.18 bits per heavy atom. The van der Waals surface area contributed by atoms with Crippen LogP contribution in [0.2, 0.25) is 0 Å². The average Bonchev–Trinajstić information content (AvgIpc) is 2.64. The van der Waals surface area contributed by atoms with Gasteiger partial charge in [0.1, 0.15) is 0 Å². The van der Waals surface area contributed by atoms with Crippen molar-refractivity contribution in [2.45, 2.75) is 64.5 Å². The lowest BCUT2D eigenvalue weighted by atomic mass is 9.99. The fraction of sp³-hybridized carbons (Fsp3) is 0.579. The normalized spacial score (nSPS) is 13.6. The monoisotopic (exact) mass is 415 g/mol. The van der Waals surface area contributed by atoms with Gasteiger partial charge in [0.25, 0.3) is 0 Å². The van der Waals surface area contributed by atoms with E-state index in [-0.39, 0.29) is 11.5 Å². The van der Waals surface area contributed by atoms with Gasteiger partial charge in [0, 0.05) is 6.42 Å². The zero-order chi connectivity index (χ0) is 21.2. The minimum absolute atomic E-state index is 0.244. The SMILES string of the molecule is CCCCCCCC(=O)N[C@H](c1cccc(C(=O)OC)c1)[C@H](C)OP(=O)(O)O. The first-order valence-corrected chi connectivity index (χ1v) is 10.9. The summed E-state index contributed by atoms with van der Waals surface area (Å²) < 4.78 is 20.7. The molecule has 0 fully saturated rings. The third-order valence-electron chi connectivity index (χ3n) is 4.26. The molecule has 28 heavy (non-hydrogen) atoms. The van der Waals surface area contributed by atoms with Crippen LogP contribution in [0, 0.1) is 0 Å². The fourth-order valence-corrected chi connectivity index (χ4v) is 3.42. The van der Waals surface area contributed by atoms with Crippen molar-refractivity contribution in [2.24, 2.45) is 0 Å². The van der Waals surface area contributed by atoms with Crippen LogP contribution >= 0.6 is 7.82 Å². The molecule has 8 nitrogen and oxygen atoms in total. The number of hydrogen-bond donors (Lipinski definition) is 3. The van der Waals surface area contributed by atoms with Crippen molar-refractivity contribution in [2.75, 3.05) is 7.11 Å². The predicted molar refractivity (Wildman–Crippen MR) is 105 cm³/mol. The van der Waals surface area contributed by atoms with Crippen molar-refractivity contribution >= 4 is 19.7 Å². The number of carbonyl (C=O) groups excluding carboxylic acids is 2. The molecule has 0 aromatic heterocycles. The first kappa shape index (κ1) is 24.3. The standard InChI is InChI=1S/C19H30NO7P/c1-4-5-6-7-8-12-17(21)20-18(14(2)27-28(23,24)25)15-10-9-11-16(13-15)19(22)26-3/h9-11,13-14,18H,4-8,12H2,1-3H3,(H,20,21)(H2,23,24,25)/t14-,18-/m0/s1. The Kier molecular flexibility index (Phi) is 10.4. The quantitative estimate of drug-likeness (QED) is 0.271. The summed E-state index contributed by atoms with van der Waals surface area (Å²) in [5.41, 5.74) is 0.755. The van der Waals surface area contributed by atoms with E-state index in [4.69, 9.17) is 19.0 Å². The average molecular weight is 415 g/mol. The first-order chi connectivity index (χ1) is 13.2. The summed E-state index contributed by atoms with van der Waals surface area (Å²) in [4.78, 5) is 42.4. The molecule has 0 saturated carbocycles. The van der Waals surface area contributed by atoms with Crippen LogP contribution in [-0.4, -0.2) is 34.9 Å². The third kappa shape index (κ3) is 8.97. The Balaban J connectivity index is 2.92. The zero-order valence-electron chi connectivity index (χ0n) is 16.6. The van der Waals surface area contributed by atoms with Crippen molar-refractivity contribution in [3.63, 3.8) is 0 Å². The smallest absolute Gasteiger partial charge is 0.465 e. The van der Waals surface area contributed by atoms with E-state index < -0.39 is 25.9 Å². The van der Waals surface area contributed by atoms with Crippen LogP contribution in [0.1, 0.15) is 74.3 Å². The number of ether oxygens (including phenoxy) is 1. The molecule has 0 aliphatic rings. The Morgan fingerprint density at radius 2 is 1.86 bits per heavy atom. The Bertz CT molecular complexity index is 689. The summed E-state index contributed by atoms with van der Waals surface area (Å²) in [6.45, 7) is 3.57. The van der Waals surface area contributed by atoms with Crippen molar-refractivity contribution in [3.05, 3.63) is 35.4 Å². The second-order valence-corrected chi connectivity index (χ2v) is 7.82. The molecule has 9 heteroatoms. The number of unbranched alkanes of at least 4 members (excludes halogenated alkanes) is 4. The molecule has 2 atom stereocenters. The number of phosphoric ester groups is 1. The number of amides is 1. The van der Waals surface area contributed by atoms with Crippen LogP contribution in [-0.2, 0) is 18.6 Å². The Morgan fingerprint density at radius 3 is 2.46 bits per heavy atom. The lowest BCUT2D eigenvalue weighted by molar-refractivity contribution is -0.122. The maximum absolute atomic E-state index is 12.4. The van der Waals surface area contributed by atoms with E-state index in [1.807, 2.05) is 0 Å². The van der Waals surface area contributed by atoms with E-state index in [0.717, 1.165) is 32.1 Å². The number of nitrogens with one attached hydrogen (secondary N) is 1. The summed E-state index contributed by atoms with van der Waals surface area (Å²) in [5, 5.41) is 2.77. The fourth-order valence-electron chi connectivity index (χ4n) is 2.86. The van der Waals surface area contributed by atoms with Crippen molar-refractivity contribution in [1.29, 1.82) is 0 Å². The highest BCUT2D eigenvalue weighted by Crippen LogP contribution is 2.40. The highest BCUT2D eigenvalue weighted by atomic mass is 31.2. The molecule has 3 N–H and O–H groups in total. The third-order valence-corrected chi connectivity index (χ3v) is 4.87. The van der Waals surface area contributed by atoms with Gasteiger partial charge in [0.15, 0.2) is 0 Å². The van der Waals surface area contributed by atoms with E-state index in [1.165, 1.54) is 20.1 Å². The topological polar surface area (TPSA) is 122 Å². The summed E-state index contributed by atoms with van der Waals surface area (Å²) in [6.07, 6.45) is 4.26. The van der Waals surface area contributed by atoms with Gasteiger partial charge in [-0.15, -0.1) is 0 Å². The largest absolute Gasteiger partial charge is 0.469 e. The van der Waals surface area contributed by atoms with Gasteiger partial charge < -0.3 is 19.8 Å². The Hall–Kier alpha value is -1.73. The summed E-state index contributed by atoms with van der Waals surface area (Å²) in [5.74, 6) is -0.794. The molecule has 0 radical (unpaired) electrons. The lowest BCUT2D eigenvalue weighted by Gasteiger charge is -2.26. The van der Waals surface area contributed by atoms with E-state index >= 15 is 0 Å². The predicted octanol–water partition coefficient (Wildman–Crippen LogP) is 3.49. The molecule has 1 amide bonds. The van der Waals surface area contributed by atoms with Gasteiger partial charge in [-0.05, 0) is 31.0 Å². The number of methoxy groups -OCH3 is 1. The van der Waals surface area contributed by atoms with Crippen molar-refractivity contribution < 1.29 is 33.2 Å². The van der Waals surface area contributed by atoms with Crippen molar-refractivity contribution in [1.82, 2.24) is 5.32 Å². The van der Waals surface area contributed by atoms with Crippen LogP contribution in [0.3, 0.4) is 0 Å². The van der Waals surface area contributed by atoms with E-state index in [0.29, 0.717) is 12.0 Å². The van der Waals surface area contributed by atoms with Gasteiger partial charge >= 0.3 is 13.8 Å². The second-order valence-electron chi connectivity index (χ2n) is 6.63. The number of phosphoric acid groups is 1.